The highest BCUT2D eigenvalue weighted by atomic mass is 19.1. The smallest absolute Gasteiger partial charge is 0.303 e. The molecule has 0 radical (unpaired) electrons. The Morgan fingerprint density at radius 2 is 1.65 bits per heavy atom. The lowest BCUT2D eigenvalue weighted by atomic mass is 9.86. The van der Waals surface area contributed by atoms with Gasteiger partial charge < -0.3 is 5.11 Å². The van der Waals surface area contributed by atoms with Crippen LogP contribution < -0.4 is 5.43 Å². The van der Waals surface area contributed by atoms with Crippen molar-refractivity contribution in [2.24, 2.45) is 0 Å². The average molecular weight is 424 g/mol. The lowest BCUT2D eigenvalue weighted by molar-refractivity contribution is -0.142. The first kappa shape index (κ1) is 20.8. The van der Waals surface area contributed by atoms with E-state index in [-0.39, 0.29) is 30.4 Å². The van der Waals surface area contributed by atoms with Crippen LogP contribution in [0.1, 0.15) is 49.3 Å². The Bertz CT molecular complexity index is 1060. The molecule has 5 nitrogen and oxygen atoms in total. The molecule has 2 N–H and O–H groups in total. The van der Waals surface area contributed by atoms with Crippen LogP contribution >= 0.6 is 0 Å². The highest BCUT2D eigenvalue weighted by Gasteiger charge is 2.39. The number of rotatable bonds is 5. The van der Waals surface area contributed by atoms with E-state index in [9.17, 15) is 18.4 Å². The van der Waals surface area contributed by atoms with Gasteiger partial charge in [0.05, 0.1) is 12.1 Å². The maximum atomic E-state index is 13.5. The topological polar surface area (TPSA) is 69.6 Å². The molecule has 1 amide bonds. The minimum atomic E-state index is -1.04. The lowest BCUT2D eigenvalue weighted by Gasteiger charge is -2.27. The number of carbonyl (C=O) groups is 2. The molecule has 2 aromatic carbocycles. The molecule has 0 bridgehead atoms. The highest BCUT2D eigenvalue weighted by molar-refractivity contribution is 5.82. The number of hydrazine groups is 1. The molecular formula is C24H22F2N2O3. The van der Waals surface area contributed by atoms with E-state index < -0.39 is 12.0 Å². The zero-order chi connectivity index (χ0) is 22.0. The number of carbonyl (C=O) groups excluding carboxylic acids is 1. The van der Waals surface area contributed by atoms with E-state index in [1.54, 1.807) is 24.3 Å². The summed E-state index contributed by atoms with van der Waals surface area (Å²) in [6.45, 7) is 0. The molecule has 4 rings (SSSR count). The minimum absolute atomic E-state index is 0.141. The van der Waals surface area contributed by atoms with Gasteiger partial charge in [-0.15, -0.1) is 0 Å². The molecule has 0 saturated heterocycles. The zero-order valence-electron chi connectivity index (χ0n) is 16.8. The van der Waals surface area contributed by atoms with E-state index in [1.165, 1.54) is 29.3 Å². The molecule has 1 aliphatic carbocycles. The number of allylic oxidation sites excluding steroid dienone is 1. The van der Waals surface area contributed by atoms with Gasteiger partial charge in [0.25, 0.3) is 0 Å². The summed E-state index contributed by atoms with van der Waals surface area (Å²) in [7, 11) is 0. The first-order valence-electron chi connectivity index (χ1n) is 10.2. The van der Waals surface area contributed by atoms with E-state index in [0.29, 0.717) is 0 Å². The molecule has 31 heavy (non-hydrogen) atoms. The summed E-state index contributed by atoms with van der Waals surface area (Å²) in [6, 6.07) is 11.7. The Morgan fingerprint density at radius 3 is 2.29 bits per heavy atom. The summed E-state index contributed by atoms with van der Waals surface area (Å²) < 4.78 is 26.8. The predicted octanol–water partition coefficient (Wildman–Crippen LogP) is 4.74. The second-order valence-electron chi connectivity index (χ2n) is 7.70. The fourth-order valence-corrected chi connectivity index (χ4v) is 4.12. The van der Waals surface area contributed by atoms with Crippen molar-refractivity contribution in [1.29, 1.82) is 0 Å². The largest absolute Gasteiger partial charge is 0.481 e. The van der Waals surface area contributed by atoms with Gasteiger partial charge >= 0.3 is 5.97 Å². The van der Waals surface area contributed by atoms with Crippen molar-refractivity contribution in [3.05, 3.63) is 88.1 Å². The number of benzene rings is 2. The molecular weight excluding hydrogens is 402 g/mol. The Balaban J connectivity index is 1.71. The van der Waals surface area contributed by atoms with Gasteiger partial charge in [-0.1, -0.05) is 24.3 Å². The second-order valence-corrected chi connectivity index (χ2v) is 7.70. The third kappa shape index (κ3) is 4.50. The van der Waals surface area contributed by atoms with Crippen LogP contribution in [0.15, 0.2) is 65.4 Å². The predicted molar refractivity (Wildman–Crippen MR) is 111 cm³/mol. The zero-order valence-corrected chi connectivity index (χ0v) is 16.8. The van der Waals surface area contributed by atoms with Gasteiger partial charge in [-0.25, -0.2) is 13.8 Å². The van der Waals surface area contributed by atoms with Crippen molar-refractivity contribution in [3.63, 3.8) is 0 Å². The third-order valence-electron chi connectivity index (χ3n) is 5.57. The van der Waals surface area contributed by atoms with Crippen LogP contribution in [0.25, 0.3) is 6.08 Å². The number of aliphatic carboxylic acids is 1. The van der Waals surface area contributed by atoms with E-state index in [2.05, 4.69) is 5.43 Å². The molecule has 160 valence electrons. The number of hydrogen-bond donors (Lipinski definition) is 2. The Kier molecular flexibility index (Phi) is 5.84. The number of carboxylic acid groups (broad SMARTS) is 1. The van der Waals surface area contributed by atoms with Crippen LogP contribution in [-0.4, -0.2) is 22.0 Å². The highest BCUT2D eigenvalue weighted by Crippen LogP contribution is 2.44. The van der Waals surface area contributed by atoms with Crippen molar-refractivity contribution in [2.45, 2.75) is 38.1 Å². The first-order valence-corrected chi connectivity index (χ1v) is 10.2. The summed E-state index contributed by atoms with van der Waals surface area (Å²) in [6.07, 6.45) is 3.98. The maximum absolute atomic E-state index is 13.5. The van der Waals surface area contributed by atoms with Gasteiger partial charge in [0.1, 0.15) is 17.7 Å². The van der Waals surface area contributed by atoms with Crippen LogP contribution in [0.5, 0.6) is 0 Å². The van der Waals surface area contributed by atoms with Crippen LogP contribution in [0.3, 0.4) is 0 Å². The van der Waals surface area contributed by atoms with Crippen molar-refractivity contribution >= 4 is 18.0 Å². The van der Waals surface area contributed by atoms with Crippen LogP contribution in [0, 0.1) is 11.6 Å². The standard InChI is InChI=1S/C24H22F2N2O3/c25-18-8-4-15(5-9-18)14-17-2-1-3-20-23(17)27-28(21(29)12-13-22(30)31)24(20)16-6-10-19(26)11-7-16/h4-11,14,24,27H,1-3,12-13H2,(H,30,31)/b17-14-/t24-/m0/s1. The summed E-state index contributed by atoms with van der Waals surface area (Å²) in [5.74, 6) is -2.06. The number of hydrogen-bond acceptors (Lipinski definition) is 3. The Labute approximate surface area is 178 Å². The fourth-order valence-electron chi connectivity index (χ4n) is 4.12. The molecule has 1 atom stereocenters. The number of carboxylic acids is 1. The molecule has 0 unspecified atom stereocenters. The van der Waals surface area contributed by atoms with Crippen molar-refractivity contribution < 1.29 is 23.5 Å². The fraction of sp³-hybridized carbons (Fsp3) is 0.250. The number of nitrogens with zero attached hydrogens (tertiary/aromatic N) is 1. The second kappa shape index (κ2) is 8.71. The SMILES string of the molecule is O=C(O)CCC(=O)N1NC2=C(CCC/C2=C/c2ccc(F)cc2)[C@@H]1c1ccc(F)cc1. The molecule has 0 aromatic heterocycles. The average Bonchev–Trinajstić information content (AvgIpc) is 3.15. The van der Waals surface area contributed by atoms with Gasteiger partial charge in [-0.3, -0.25) is 15.0 Å². The lowest BCUT2D eigenvalue weighted by Crippen LogP contribution is -2.40. The maximum Gasteiger partial charge on any atom is 0.303 e. The summed E-state index contributed by atoms with van der Waals surface area (Å²) >= 11 is 0. The van der Waals surface area contributed by atoms with E-state index >= 15 is 0 Å². The molecule has 7 heteroatoms. The van der Waals surface area contributed by atoms with Gasteiger partial charge in [0.2, 0.25) is 5.91 Å². The van der Waals surface area contributed by atoms with Gasteiger partial charge in [0.15, 0.2) is 0 Å². The Hall–Kier alpha value is -3.48. The Morgan fingerprint density at radius 1 is 1.00 bits per heavy atom. The van der Waals surface area contributed by atoms with Crippen molar-refractivity contribution in [1.82, 2.24) is 10.4 Å². The normalized spacial score (nSPS) is 19.4. The number of amides is 1. The quantitative estimate of drug-likeness (QED) is 0.728. The molecule has 0 fully saturated rings. The molecule has 2 aliphatic rings. The summed E-state index contributed by atoms with van der Waals surface area (Å²) in [5, 5.41) is 10.4. The van der Waals surface area contributed by atoms with Gasteiger partial charge in [-0.2, -0.15) is 0 Å². The van der Waals surface area contributed by atoms with Gasteiger partial charge in [0, 0.05) is 6.42 Å². The molecule has 1 aliphatic heterocycles. The van der Waals surface area contributed by atoms with E-state index in [0.717, 1.165) is 47.2 Å². The molecule has 0 saturated carbocycles. The monoisotopic (exact) mass is 424 g/mol. The minimum Gasteiger partial charge on any atom is -0.481 e. The van der Waals surface area contributed by atoms with Crippen LogP contribution in [0.4, 0.5) is 8.78 Å². The summed E-state index contributed by atoms with van der Waals surface area (Å²) in [4.78, 5) is 23.8. The number of nitrogens with one attached hydrogen (secondary N) is 1. The molecule has 0 spiro atoms. The third-order valence-corrected chi connectivity index (χ3v) is 5.57. The van der Waals surface area contributed by atoms with Crippen molar-refractivity contribution in [3.8, 4) is 0 Å². The molecule has 2 aromatic rings. The van der Waals surface area contributed by atoms with Gasteiger partial charge in [-0.05, 0) is 71.9 Å². The van der Waals surface area contributed by atoms with E-state index in [1.807, 2.05) is 6.08 Å². The summed E-state index contributed by atoms with van der Waals surface area (Å²) in [5.41, 5.74) is 7.63. The van der Waals surface area contributed by atoms with Crippen molar-refractivity contribution in [2.75, 3.05) is 0 Å². The number of halogens is 2. The molecule has 1 heterocycles. The van der Waals surface area contributed by atoms with Crippen LogP contribution in [-0.2, 0) is 9.59 Å². The van der Waals surface area contributed by atoms with E-state index in [4.69, 9.17) is 5.11 Å². The first-order chi connectivity index (χ1) is 14.9. The van der Waals surface area contributed by atoms with Crippen LogP contribution in [0.2, 0.25) is 0 Å².